The Hall–Kier alpha value is -2.36. The average Bonchev–Trinajstić information content (AvgIpc) is 2.53. The molecule has 0 unspecified atom stereocenters. The normalized spacial score (nSPS) is 10.2. The Morgan fingerprint density at radius 2 is 2.00 bits per heavy atom. The second kappa shape index (κ2) is 7.43. The molecule has 110 valence electrons. The second-order valence-electron chi connectivity index (χ2n) is 4.82. The van der Waals surface area contributed by atoms with Gasteiger partial charge < -0.3 is 10.6 Å². The minimum atomic E-state index is -0.113. The molecule has 2 N–H and O–H groups in total. The first kappa shape index (κ1) is 15.0. The fourth-order valence-corrected chi connectivity index (χ4v) is 2.07. The number of para-hydroxylation sites is 1. The third-order valence-electron chi connectivity index (χ3n) is 3.22. The van der Waals surface area contributed by atoms with Gasteiger partial charge in [-0.3, -0.25) is 4.79 Å². The Labute approximate surface area is 125 Å². The average molecular weight is 283 g/mol. The van der Waals surface area contributed by atoms with Gasteiger partial charge in [-0.2, -0.15) is 0 Å². The summed E-state index contributed by atoms with van der Waals surface area (Å²) in [4.78, 5) is 16.6. The van der Waals surface area contributed by atoms with Gasteiger partial charge in [-0.25, -0.2) is 4.98 Å². The van der Waals surface area contributed by atoms with Crippen molar-refractivity contribution in [2.45, 2.75) is 26.7 Å². The summed E-state index contributed by atoms with van der Waals surface area (Å²) in [6.07, 6.45) is 3.55. The zero-order valence-electron chi connectivity index (χ0n) is 12.5. The lowest BCUT2D eigenvalue weighted by molar-refractivity contribution is 0.102. The second-order valence-corrected chi connectivity index (χ2v) is 4.82. The van der Waals surface area contributed by atoms with Gasteiger partial charge in [-0.05, 0) is 36.6 Å². The van der Waals surface area contributed by atoms with Gasteiger partial charge in [0.1, 0.15) is 5.82 Å². The highest BCUT2D eigenvalue weighted by Crippen LogP contribution is 2.17. The predicted molar refractivity (Wildman–Crippen MR) is 86.8 cm³/mol. The summed E-state index contributed by atoms with van der Waals surface area (Å²) in [5.41, 5.74) is 2.60. The van der Waals surface area contributed by atoms with Crippen molar-refractivity contribution in [2.75, 3.05) is 17.2 Å². The Morgan fingerprint density at radius 1 is 1.19 bits per heavy atom. The first-order valence-corrected chi connectivity index (χ1v) is 7.33. The molecule has 4 heteroatoms. The summed E-state index contributed by atoms with van der Waals surface area (Å²) in [5.74, 6) is 0.617. The fraction of sp³-hybridized carbons (Fsp3) is 0.294. The number of hydrogen-bond donors (Lipinski definition) is 2. The molecular formula is C17H21N3O. The summed E-state index contributed by atoms with van der Waals surface area (Å²) in [6, 6.07) is 11.4. The molecule has 0 spiro atoms. The van der Waals surface area contributed by atoms with Crippen molar-refractivity contribution in [3.05, 3.63) is 53.7 Å². The topological polar surface area (TPSA) is 54.0 Å². The first-order chi connectivity index (χ1) is 10.2. The van der Waals surface area contributed by atoms with Gasteiger partial charge in [-0.15, -0.1) is 0 Å². The molecule has 0 aliphatic rings. The van der Waals surface area contributed by atoms with Crippen LogP contribution in [0.1, 0.15) is 36.2 Å². The van der Waals surface area contributed by atoms with E-state index in [0.29, 0.717) is 5.56 Å². The number of nitrogens with one attached hydrogen (secondary N) is 2. The molecular weight excluding hydrogens is 262 g/mol. The van der Waals surface area contributed by atoms with E-state index in [1.165, 1.54) is 0 Å². The molecule has 1 aromatic carbocycles. The predicted octanol–water partition coefficient (Wildman–Crippen LogP) is 3.72. The van der Waals surface area contributed by atoms with Crippen LogP contribution in [0.15, 0.2) is 42.6 Å². The van der Waals surface area contributed by atoms with E-state index in [1.54, 1.807) is 18.3 Å². The number of carbonyl (C=O) groups excluding carboxylic acids is 1. The van der Waals surface area contributed by atoms with Gasteiger partial charge in [0.05, 0.1) is 0 Å². The third-order valence-corrected chi connectivity index (χ3v) is 3.22. The molecule has 0 atom stereocenters. The van der Waals surface area contributed by atoms with Gasteiger partial charge in [0, 0.05) is 24.0 Å². The summed E-state index contributed by atoms with van der Waals surface area (Å²) >= 11 is 0. The maximum atomic E-state index is 12.3. The largest absolute Gasteiger partial charge is 0.370 e. The lowest BCUT2D eigenvalue weighted by Gasteiger charge is -2.10. The molecule has 1 amide bonds. The van der Waals surface area contributed by atoms with Crippen molar-refractivity contribution in [3.63, 3.8) is 0 Å². The van der Waals surface area contributed by atoms with E-state index >= 15 is 0 Å². The number of benzene rings is 1. The van der Waals surface area contributed by atoms with Crippen LogP contribution in [0.25, 0.3) is 0 Å². The van der Waals surface area contributed by atoms with Crippen LogP contribution in [0.5, 0.6) is 0 Å². The first-order valence-electron chi connectivity index (χ1n) is 7.33. The van der Waals surface area contributed by atoms with Crippen LogP contribution in [0.3, 0.4) is 0 Å². The zero-order chi connectivity index (χ0) is 15.1. The number of aryl methyl sites for hydroxylation is 1. The van der Waals surface area contributed by atoms with E-state index in [9.17, 15) is 4.79 Å². The van der Waals surface area contributed by atoms with E-state index in [0.717, 1.165) is 36.5 Å². The van der Waals surface area contributed by atoms with Crippen molar-refractivity contribution in [3.8, 4) is 0 Å². The van der Waals surface area contributed by atoms with Crippen molar-refractivity contribution in [1.29, 1.82) is 0 Å². The number of anilines is 2. The molecule has 2 aromatic rings. The molecule has 0 saturated carbocycles. The summed E-state index contributed by atoms with van der Waals surface area (Å²) in [7, 11) is 0. The molecule has 4 nitrogen and oxygen atoms in total. The summed E-state index contributed by atoms with van der Waals surface area (Å²) in [6.45, 7) is 5.01. The van der Waals surface area contributed by atoms with E-state index in [-0.39, 0.29) is 5.91 Å². The van der Waals surface area contributed by atoms with E-state index in [2.05, 4.69) is 29.5 Å². The van der Waals surface area contributed by atoms with Crippen molar-refractivity contribution >= 4 is 17.4 Å². The Morgan fingerprint density at radius 3 is 2.76 bits per heavy atom. The van der Waals surface area contributed by atoms with Crippen LogP contribution in [-0.4, -0.2) is 17.4 Å². The number of hydrogen-bond acceptors (Lipinski definition) is 3. The molecule has 0 fully saturated rings. The van der Waals surface area contributed by atoms with Crippen LogP contribution in [-0.2, 0) is 6.42 Å². The number of carbonyl (C=O) groups is 1. The molecule has 21 heavy (non-hydrogen) atoms. The van der Waals surface area contributed by atoms with Crippen LogP contribution in [0.2, 0.25) is 0 Å². The zero-order valence-corrected chi connectivity index (χ0v) is 12.5. The van der Waals surface area contributed by atoms with Gasteiger partial charge >= 0.3 is 0 Å². The number of rotatable bonds is 6. The number of nitrogens with zero attached hydrogens (tertiary/aromatic N) is 1. The van der Waals surface area contributed by atoms with Crippen LogP contribution in [0.4, 0.5) is 11.5 Å². The van der Waals surface area contributed by atoms with Gasteiger partial charge in [-0.1, -0.05) is 32.0 Å². The maximum absolute atomic E-state index is 12.3. The molecule has 1 heterocycles. The van der Waals surface area contributed by atoms with Crippen molar-refractivity contribution in [2.24, 2.45) is 0 Å². The van der Waals surface area contributed by atoms with Crippen molar-refractivity contribution in [1.82, 2.24) is 4.98 Å². The maximum Gasteiger partial charge on any atom is 0.255 e. The summed E-state index contributed by atoms with van der Waals surface area (Å²) in [5, 5.41) is 6.15. The molecule has 1 aromatic heterocycles. The molecule has 0 radical (unpaired) electrons. The highest BCUT2D eigenvalue weighted by molar-refractivity contribution is 6.05. The molecule has 0 aliphatic heterocycles. The molecule has 0 saturated heterocycles. The third kappa shape index (κ3) is 4.05. The lowest BCUT2D eigenvalue weighted by atomic mass is 10.1. The fourth-order valence-electron chi connectivity index (χ4n) is 2.07. The standard InChI is InChI=1S/C17H21N3O/c1-3-10-18-16-12-14(9-11-19-16)17(21)20-15-8-6-5-7-13(15)4-2/h5-9,11-12H,3-4,10H2,1-2H3,(H,18,19)(H,20,21). The highest BCUT2D eigenvalue weighted by atomic mass is 16.1. The molecule has 0 aliphatic carbocycles. The minimum Gasteiger partial charge on any atom is -0.370 e. The quantitative estimate of drug-likeness (QED) is 0.849. The summed E-state index contributed by atoms with van der Waals surface area (Å²) < 4.78 is 0. The van der Waals surface area contributed by atoms with Crippen molar-refractivity contribution < 1.29 is 4.79 Å². The highest BCUT2D eigenvalue weighted by Gasteiger charge is 2.09. The lowest BCUT2D eigenvalue weighted by Crippen LogP contribution is -2.14. The van der Waals surface area contributed by atoms with Crippen LogP contribution in [0, 0.1) is 0 Å². The van der Waals surface area contributed by atoms with Gasteiger partial charge in [0.2, 0.25) is 0 Å². The number of aromatic nitrogens is 1. The molecule has 2 rings (SSSR count). The van der Waals surface area contributed by atoms with Crippen LogP contribution < -0.4 is 10.6 Å². The van der Waals surface area contributed by atoms with E-state index < -0.39 is 0 Å². The Bertz CT molecular complexity index is 610. The number of pyridine rings is 1. The molecule has 0 bridgehead atoms. The van der Waals surface area contributed by atoms with Gasteiger partial charge in [0.15, 0.2) is 0 Å². The van der Waals surface area contributed by atoms with E-state index in [4.69, 9.17) is 0 Å². The monoisotopic (exact) mass is 283 g/mol. The van der Waals surface area contributed by atoms with Gasteiger partial charge in [0.25, 0.3) is 5.91 Å². The van der Waals surface area contributed by atoms with Crippen LogP contribution >= 0.6 is 0 Å². The van der Waals surface area contributed by atoms with E-state index in [1.807, 2.05) is 24.3 Å². The smallest absolute Gasteiger partial charge is 0.255 e. The Balaban J connectivity index is 2.13. The minimum absolute atomic E-state index is 0.113. The Kier molecular flexibility index (Phi) is 5.32. The number of amides is 1. The SMILES string of the molecule is CCCNc1cc(C(=O)Nc2ccccc2CC)ccn1.